The molecular weight excluding hydrogens is 202 g/mol. The van der Waals surface area contributed by atoms with Crippen molar-refractivity contribution in [2.75, 3.05) is 32.8 Å². The number of β-amino-alcohol motifs (C(OH)–C–C–N with tert-alkyl or cyclic N) is 1. The van der Waals surface area contributed by atoms with Gasteiger partial charge in [0.1, 0.15) is 5.60 Å². The Morgan fingerprint density at radius 1 is 1.06 bits per heavy atom. The summed E-state index contributed by atoms with van der Waals surface area (Å²) in [6, 6.07) is 0. The first-order valence-electron chi connectivity index (χ1n) is 6.72. The van der Waals surface area contributed by atoms with Crippen LogP contribution in [0, 0.1) is 5.41 Å². The largest absolute Gasteiger partial charge is 0.386 e. The van der Waals surface area contributed by atoms with Crippen LogP contribution in [0.15, 0.2) is 0 Å². The van der Waals surface area contributed by atoms with E-state index in [9.17, 15) is 5.11 Å². The van der Waals surface area contributed by atoms with Gasteiger partial charge in [-0.05, 0) is 18.3 Å². The summed E-state index contributed by atoms with van der Waals surface area (Å²) >= 11 is 0. The molecule has 0 aromatic rings. The number of ether oxygens (including phenoxy) is 1. The lowest BCUT2D eigenvalue weighted by atomic mass is 9.68. The molecule has 0 bridgehead atoms. The average Bonchev–Trinajstić information content (AvgIpc) is 2.64. The highest BCUT2D eigenvalue weighted by Crippen LogP contribution is 2.44. The van der Waals surface area contributed by atoms with Crippen LogP contribution in [0.3, 0.4) is 0 Å². The third-order valence-corrected chi connectivity index (χ3v) is 4.63. The molecule has 0 radical (unpaired) electrons. The highest BCUT2D eigenvalue weighted by molar-refractivity contribution is 4.99. The quantitative estimate of drug-likeness (QED) is 0.771. The fourth-order valence-corrected chi connectivity index (χ4v) is 3.77. The second-order valence-electron chi connectivity index (χ2n) is 6.23. The highest BCUT2D eigenvalue weighted by atomic mass is 16.5. The Kier molecular flexibility index (Phi) is 2.73. The Labute approximate surface area is 97.8 Å². The van der Waals surface area contributed by atoms with Crippen LogP contribution in [0.25, 0.3) is 0 Å². The predicted molar refractivity (Wildman–Crippen MR) is 62.3 cm³/mol. The molecule has 0 amide bonds. The molecule has 1 unspecified atom stereocenters. The number of aliphatic hydroxyl groups is 1. The third-order valence-electron chi connectivity index (χ3n) is 4.63. The maximum absolute atomic E-state index is 10.2. The normalized spacial score (nSPS) is 38.8. The number of hydrogen-bond donors (Lipinski definition) is 1. The topological polar surface area (TPSA) is 32.7 Å². The smallest absolute Gasteiger partial charge is 0.103 e. The summed E-state index contributed by atoms with van der Waals surface area (Å²) in [7, 11) is 0. The molecular formula is C13H23NO2. The summed E-state index contributed by atoms with van der Waals surface area (Å²) in [5.41, 5.74) is 0.0876. The van der Waals surface area contributed by atoms with Crippen molar-refractivity contribution in [1.82, 2.24) is 4.90 Å². The zero-order valence-corrected chi connectivity index (χ0v) is 10.1. The van der Waals surface area contributed by atoms with Gasteiger partial charge in [-0.15, -0.1) is 0 Å². The Balaban J connectivity index is 1.49. The molecule has 0 aromatic heterocycles. The minimum absolute atomic E-state index is 0.538. The molecule has 2 aliphatic heterocycles. The number of hydrogen-bond acceptors (Lipinski definition) is 3. The van der Waals surface area contributed by atoms with Gasteiger partial charge in [0.25, 0.3) is 0 Å². The average molecular weight is 225 g/mol. The van der Waals surface area contributed by atoms with Gasteiger partial charge in [0.2, 0.25) is 0 Å². The molecule has 92 valence electrons. The van der Waals surface area contributed by atoms with Crippen molar-refractivity contribution in [2.45, 2.75) is 44.1 Å². The maximum Gasteiger partial charge on any atom is 0.103 e. The molecule has 3 aliphatic rings. The van der Waals surface area contributed by atoms with Crippen LogP contribution >= 0.6 is 0 Å². The summed E-state index contributed by atoms with van der Waals surface area (Å²) < 4.78 is 5.29. The van der Waals surface area contributed by atoms with Gasteiger partial charge >= 0.3 is 0 Å². The van der Waals surface area contributed by atoms with Crippen molar-refractivity contribution in [3.63, 3.8) is 0 Å². The monoisotopic (exact) mass is 225 g/mol. The van der Waals surface area contributed by atoms with Crippen molar-refractivity contribution in [1.29, 1.82) is 0 Å². The first-order valence-corrected chi connectivity index (χ1v) is 6.72. The van der Waals surface area contributed by atoms with E-state index in [2.05, 4.69) is 4.90 Å². The first kappa shape index (κ1) is 11.0. The molecule has 3 rings (SSSR count). The number of nitrogens with zero attached hydrogens (tertiary/aromatic N) is 1. The van der Waals surface area contributed by atoms with Gasteiger partial charge in [-0.3, -0.25) is 4.90 Å². The van der Waals surface area contributed by atoms with Crippen molar-refractivity contribution >= 4 is 0 Å². The number of rotatable bonds is 2. The molecule has 0 aromatic carbocycles. The molecule has 3 heteroatoms. The molecule has 1 atom stereocenters. The summed E-state index contributed by atoms with van der Waals surface area (Å²) in [4.78, 5) is 2.43. The molecule has 3 nitrogen and oxygen atoms in total. The molecule has 1 spiro atoms. The van der Waals surface area contributed by atoms with Gasteiger partial charge in [0.15, 0.2) is 0 Å². The molecule has 2 saturated heterocycles. The van der Waals surface area contributed by atoms with Crippen molar-refractivity contribution in [3.05, 3.63) is 0 Å². The van der Waals surface area contributed by atoms with Crippen LogP contribution in [0.1, 0.15) is 38.5 Å². The summed E-state index contributed by atoms with van der Waals surface area (Å²) in [5.74, 6) is 0. The molecule has 2 heterocycles. The molecule has 3 fully saturated rings. The molecule has 1 aliphatic carbocycles. The third kappa shape index (κ3) is 2.01. The van der Waals surface area contributed by atoms with Crippen LogP contribution in [0.2, 0.25) is 0 Å². The van der Waals surface area contributed by atoms with Crippen LogP contribution < -0.4 is 0 Å². The van der Waals surface area contributed by atoms with Gasteiger partial charge in [-0.25, -0.2) is 0 Å². The van der Waals surface area contributed by atoms with Crippen LogP contribution in [-0.4, -0.2) is 48.5 Å². The zero-order chi connectivity index (χ0) is 11.1. The van der Waals surface area contributed by atoms with Crippen molar-refractivity contribution in [3.8, 4) is 0 Å². The Morgan fingerprint density at radius 2 is 1.81 bits per heavy atom. The highest BCUT2D eigenvalue weighted by Gasteiger charge is 2.46. The minimum Gasteiger partial charge on any atom is -0.386 e. The van der Waals surface area contributed by atoms with Gasteiger partial charge in [0, 0.05) is 32.7 Å². The van der Waals surface area contributed by atoms with E-state index in [4.69, 9.17) is 4.74 Å². The second-order valence-corrected chi connectivity index (χ2v) is 6.23. The van der Waals surface area contributed by atoms with E-state index in [0.717, 1.165) is 19.6 Å². The minimum atomic E-state index is -0.545. The standard InChI is InChI=1S/C13H23NO2/c15-13(6-7-16-11-13)10-14-8-12(9-14)4-2-1-3-5-12/h15H,1-11H2. The van der Waals surface area contributed by atoms with Gasteiger partial charge < -0.3 is 9.84 Å². The van der Waals surface area contributed by atoms with Crippen molar-refractivity contribution < 1.29 is 9.84 Å². The summed E-state index contributed by atoms with van der Waals surface area (Å²) in [6.45, 7) is 4.53. The predicted octanol–water partition coefficient (Wildman–Crippen LogP) is 1.40. The fraction of sp³-hybridized carbons (Fsp3) is 1.00. The fourth-order valence-electron chi connectivity index (χ4n) is 3.77. The second kappa shape index (κ2) is 3.97. The van der Waals surface area contributed by atoms with E-state index in [1.165, 1.54) is 45.2 Å². The van der Waals surface area contributed by atoms with Gasteiger partial charge in [-0.2, -0.15) is 0 Å². The molecule has 1 N–H and O–H groups in total. The SMILES string of the molecule is OC1(CN2CC3(CCCCC3)C2)CCOC1. The van der Waals surface area contributed by atoms with Crippen molar-refractivity contribution in [2.24, 2.45) is 5.41 Å². The van der Waals surface area contributed by atoms with E-state index in [-0.39, 0.29) is 0 Å². The van der Waals surface area contributed by atoms with E-state index in [1.54, 1.807) is 0 Å². The molecule has 16 heavy (non-hydrogen) atoms. The van der Waals surface area contributed by atoms with Gasteiger partial charge in [0.05, 0.1) is 6.61 Å². The van der Waals surface area contributed by atoms with Crippen LogP contribution in [0.5, 0.6) is 0 Å². The Bertz CT molecular complexity index is 247. The number of likely N-dealkylation sites (tertiary alicyclic amines) is 1. The zero-order valence-electron chi connectivity index (χ0n) is 10.1. The first-order chi connectivity index (χ1) is 7.70. The Morgan fingerprint density at radius 3 is 2.44 bits per heavy atom. The van der Waals surface area contributed by atoms with E-state index in [0.29, 0.717) is 12.0 Å². The maximum atomic E-state index is 10.2. The van der Waals surface area contributed by atoms with Crippen LogP contribution in [0.4, 0.5) is 0 Å². The lowest BCUT2D eigenvalue weighted by Crippen LogP contribution is -2.60. The van der Waals surface area contributed by atoms with E-state index in [1.807, 2.05) is 0 Å². The summed E-state index contributed by atoms with van der Waals surface area (Å²) in [6.07, 6.45) is 7.91. The Hall–Kier alpha value is -0.120. The van der Waals surface area contributed by atoms with Gasteiger partial charge in [-0.1, -0.05) is 19.3 Å². The van der Waals surface area contributed by atoms with Crippen LogP contribution in [-0.2, 0) is 4.74 Å². The summed E-state index contributed by atoms with van der Waals surface area (Å²) in [5, 5.41) is 10.2. The lowest BCUT2D eigenvalue weighted by molar-refractivity contribution is -0.0823. The van der Waals surface area contributed by atoms with E-state index >= 15 is 0 Å². The molecule has 1 saturated carbocycles. The van der Waals surface area contributed by atoms with E-state index < -0.39 is 5.60 Å². The lowest BCUT2D eigenvalue weighted by Gasteiger charge is -2.54.